The molecule has 1 fully saturated rings. The van der Waals surface area contributed by atoms with Crippen LogP contribution in [0.4, 0.5) is 5.69 Å². The Morgan fingerprint density at radius 3 is 2.44 bits per heavy atom. The first-order valence-electron chi connectivity index (χ1n) is 11.5. The predicted molar refractivity (Wildman–Crippen MR) is 131 cm³/mol. The lowest BCUT2D eigenvalue weighted by Crippen LogP contribution is -2.46. The van der Waals surface area contributed by atoms with Crippen molar-refractivity contribution in [3.63, 3.8) is 0 Å². The molecule has 0 aromatic heterocycles. The van der Waals surface area contributed by atoms with E-state index < -0.39 is 21.8 Å². The lowest BCUT2D eigenvalue weighted by molar-refractivity contribution is -0.136. The van der Waals surface area contributed by atoms with E-state index in [0.717, 1.165) is 36.0 Å². The molecule has 0 radical (unpaired) electrons. The molecule has 1 heterocycles. The normalized spacial score (nSPS) is 16.6. The van der Waals surface area contributed by atoms with Gasteiger partial charge in [-0.15, -0.1) is 0 Å². The SMILES string of the molecule is COc1cccc(NC(=O)C(=O)NCC[C@H]2CCCCN2S(=O)(=O)c2c(C)cc(C)cc2C)c1. The highest BCUT2D eigenvalue weighted by Crippen LogP contribution is 2.31. The Kier molecular flexibility index (Phi) is 8.33. The van der Waals surface area contributed by atoms with Crippen LogP contribution in [0.5, 0.6) is 5.75 Å². The van der Waals surface area contributed by atoms with E-state index in [1.54, 1.807) is 28.6 Å². The molecule has 2 amide bonds. The fraction of sp³-hybridized carbons (Fsp3) is 0.440. The van der Waals surface area contributed by atoms with Crippen molar-refractivity contribution in [3.05, 3.63) is 53.1 Å². The Balaban J connectivity index is 1.63. The van der Waals surface area contributed by atoms with Gasteiger partial charge >= 0.3 is 11.8 Å². The summed E-state index contributed by atoms with van der Waals surface area (Å²) in [6.07, 6.45) is 2.87. The zero-order valence-electron chi connectivity index (χ0n) is 20.2. The second kappa shape index (κ2) is 11.0. The Labute approximate surface area is 201 Å². The summed E-state index contributed by atoms with van der Waals surface area (Å²) >= 11 is 0. The molecule has 0 bridgehead atoms. The standard InChI is InChI=1S/C25H33N3O5S/c1-17-14-18(2)23(19(3)15-17)34(31,32)28-13-6-5-9-21(28)11-12-26-24(29)25(30)27-20-8-7-10-22(16-20)33-4/h7-8,10,14-16,21H,5-6,9,11-13H2,1-4H3,(H,26,29)(H,27,30)/t21-/m1/s1. The quantitative estimate of drug-likeness (QED) is 0.583. The van der Waals surface area contributed by atoms with Crippen molar-refractivity contribution in [2.75, 3.05) is 25.5 Å². The van der Waals surface area contributed by atoms with Crippen molar-refractivity contribution in [1.29, 1.82) is 0 Å². The third-order valence-corrected chi connectivity index (χ3v) is 8.30. The average Bonchev–Trinajstić information content (AvgIpc) is 2.78. The largest absolute Gasteiger partial charge is 0.497 e. The fourth-order valence-corrected chi connectivity index (χ4v) is 6.73. The number of carbonyl (C=O) groups excluding carboxylic acids is 2. The van der Waals surface area contributed by atoms with E-state index in [-0.39, 0.29) is 12.6 Å². The zero-order valence-corrected chi connectivity index (χ0v) is 21.0. The van der Waals surface area contributed by atoms with Gasteiger partial charge in [0, 0.05) is 30.9 Å². The molecular formula is C25H33N3O5S. The van der Waals surface area contributed by atoms with Crippen molar-refractivity contribution in [3.8, 4) is 5.75 Å². The van der Waals surface area contributed by atoms with Gasteiger partial charge in [-0.1, -0.05) is 30.2 Å². The maximum Gasteiger partial charge on any atom is 0.313 e. The van der Waals surface area contributed by atoms with Gasteiger partial charge in [0.25, 0.3) is 0 Å². The van der Waals surface area contributed by atoms with E-state index in [1.807, 2.05) is 32.9 Å². The topological polar surface area (TPSA) is 105 Å². The minimum atomic E-state index is -3.67. The van der Waals surface area contributed by atoms with Crippen LogP contribution in [0.15, 0.2) is 41.3 Å². The van der Waals surface area contributed by atoms with Crippen LogP contribution >= 0.6 is 0 Å². The number of nitrogens with zero attached hydrogens (tertiary/aromatic N) is 1. The van der Waals surface area contributed by atoms with Crippen molar-refractivity contribution >= 4 is 27.5 Å². The summed E-state index contributed by atoms with van der Waals surface area (Å²) in [7, 11) is -2.16. The molecule has 0 unspecified atom stereocenters. The van der Waals surface area contributed by atoms with E-state index in [2.05, 4.69) is 10.6 Å². The van der Waals surface area contributed by atoms with Gasteiger partial charge < -0.3 is 15.4 Å². The molecule has 0 saturated carbocycles. The van der Waals surface area contributed by atoms with E-state index in [0.29, 0.717) is 29.3 Å². The minimum Gasteiger partial charge on any atom is -0.497 e. The second-order valence-electron chi connectivity index (χ2n) is 8.72. The number of hydrogen-bond donors (Lipinski definition) is 2. The number of amides is 2. The number of sulfonamides is 1. The first-order chi connectivity index (χ1) is 16.1. The third-order valence-electron chi connectivity index (χ3n) is 6.04. The van der Waals surface area contributed by atoms with E-state index >= 15 is 0 Å². The number of methoxy groups -OCH3 is 1. The highest BCUT2D eigenvalue weighted by Gasteiger charge is 2.35. The first-order valence-corrected chi connectivity index (χ1v) is 12.9. The number of rotatable bonds is 7. The average molecular weight is 488 g/mol. The summed E-state index contributed by atoms with van der Waals surface area (Å²) in [6, 6.07) is 10.3. The van der Waals surface area contributed by atoms with Gasteiger partial charge in [0.2, 0.25) is 10.0 Å². The Morgan fingerprint density at radius 1 is 1.06 bits per heavy atom. The Hall–Kier alpha value is -2.91. The van der Waals surface area contributed by atoms with Crippen LogP contribution in [0.25, 0.3) is 0 Å². The molecule has 1 aliphatic heterocycles. The van der Waals surface area contributed by atoms with Crippen LogP contribution < -0.4 is 15.4 Å². The summed E-state index contributed by atoms with van der Waals surface area (Å²) in [5.41, 5.74) is 2.96. The number of hydrogen-bond acceptors (Lipinski definition) is 5. The van der Waals surface area contributed by atoms with Gasteiger partial charge in [-0.2, -0.15) is 4.31 Å². The highest BCUT2D eigenvalue weighted by atomic mass is 32.2. The molecule has 3 rings (SSSR count). The van der Waals surface area contributed by atoms with Crippen LogP contribution in [0.1, 0.15) is 42.4 Å². The van der Waals surface area contributed by atoms with Crippen LogP contribution in [0, 0.1) is 20.8 Å². The van der Waals surface area contributed by atoms with Crippen molar-refractivity contribution in [2.24, 2.45) is 0 Å². The first kappa shape index (κ1) is 25.7. The van der Waals surface area contributed by atoms with Gasteiger partial charge in [-0.3, -0.25) is 9.59 Å². The summed E-state index contributed by atoms with van der Waals surface area (Å²) in [4.78, 5) is 24.9. The van der Waals surface area contributed by atoms with Gasteiger partial charge in [0.05, 0.1) is 12.0 Å². The summed E-state index contributed by atoms with van der Waals surface area (Å²) in [5, 5.41) is 5.16. The molecule has 2 aromatic rings. The van der Waals surface area contributed by atoms with Crippen molar-refractivity contribution < 1.29 is 22.7 Å². The number of carbonyl (C=O) groups is 2. The zero-order chi connectivity index (χ0) is 24.9. The van der Waals surface area contributed by atoms with Gasteiger partial charge in [0.1, 0.15) is 5.75 Å². The fourth-order valence-electron chi connectivity index (χ4n) is 4.59. The molecule has 2 aromatic carbocycles. The maximum atomic E-state index is 13.6. The highest BCUT2D eigenvalue weighted by molar-refractivity contribution is 7.89. The monoisotopic (exact) mass is 487 g/mol. The predicted octanol–water partition coefficient (Wildman–Crippen LogP) is 3.31. The van der Waals surface area contributed by atoms with Crippen molar-refractivity contribution in [2.45, 2.75) is 57.4 Å². The summed E-state index contributed by atoms with van der Waals surface area (Å²) in [5.74, 6) is -0.985. The lowest BCUT2D eigenvalue weighted by atomic mass is 10.0. The van der Waals surface area contributed by atoms with Gasteiger partial charge in [0.15, 0.2) is 0 Å². The molecule has 2 N–H and O–H groups in total. The Bertz CT molecular complexity index is 1140. The second-order valence-corrected chi connectivity index (χ2v) is 10.6. The molecule has 1 saturated heterocycles. The summed E-state index contributed by atoms with van der Waals surface area (Å²) < 4.78 is 33.8. The Morgan fingerprint density at radius 2 is 1.76 bits per heavy atom. The number of piperidine rings is 1. The van der Waals surface area contributed by atoms with Crippen LogP contribution in [0.2, 0.25) is 0 Å². The molecule has 0 spiro atoms. The van der Waals surface area contributed by atoms with E-state index in [9.17, 15) is 18.0 Å². The summed E-state index contributed by atoms with van der Waals surface area (Å²) in [6.45, 7) is 6.25. The molecule has 184 valence electrons. The van der Waals surface area contributed by atoms with Gasteiger partial charge in [-0.05, 0) is 63.3 Å². The van der Waals surface area contributed by atoms with E-state index in [1.165, 1.54) is 7.11 Å². The molecule has 1 aliphatic rings. The number of nitrogens with one attached hydrogen (secondary N) is 2. The molecule has 34 heavy (non-hydrogen) atoms. The third kappa shape index (κ3) is 5.95. The van der Waals surface area contributed by atoms with E-state index in [4.69, 9.17) is 4.74 Å². The number of benzene rings is 2. The smallest absolute Gasteiger partial charge is 0.313 e. The molecular weight excluding hydrogens is 454 g/mol. The van der Waals surface area contributed by atoms with Crippen LogP contribution in [0.3, 0.4) is 0 Å². The van der Waals surface area contributed by atoms with Crippen LogP contribution in [-0.4, -0.2) is 50.8 Å². The number of anilines is 1. The molecule has 9 heteroatoms. The van der Waals surface area contributed by atoms with Gasteiger partial charge in [-0.25, -0.2) is 8.42 Å². The number of aryl methyl sites for hydroxylation is 3. The lowest BCUT2D eigenvalue weighted by Gasteiger charge is -2.35. The molecule has 1 atom stereocenters. The number of ether oxygens (including phenoxy) is 1. The van der Waals surface area contributed by atoms with Crippen LogP contribution in [-0.2, 0) is 19.6 Å². The maximum absolute atomic E-state index is 13.6. The molecule has 8 nitrogen and oxygen atoms in total. The van der Waals surface area contributed by atoms with Crippen molar-refractivity contribution in [1.82, 2.24) is 9.62 Å². The molecule has 0 aliphatic carbocycles. The minimum absolute atomic E-state index is 0.201.